The number of nitrogens with one attached hydrogen (secondary N) is 1. The van der Waals surface area contributed by atoms with Gasteiger partial charge in [0.15, 0.2) is 0 Å². The number of benzene rings is 1. The van der Waals surface area contributed by atoms with E-state index < -0.39 is 0 Å². The van der Waals surface area contributed by atoms with Crippen molar-refractivity contribution in [2.75, 3.05) is 13.6 Å². The van der Waals surface area contributed by atoms with Crippen molar-refractivity contribution in [1.29, 1.82) is 0 Å². The van der Waals surface area contributed by atoms with Crippen LogP contribution in [0.2, 0.25) is 0 Å². The molecule has 1 aromatic carbocycles. The Bertz CT molecular complexity index is 320. The van der Waals surface area contributed by atoms with Crippen LogP contribution in [0.4, 0.5) is 4.39 Å². The first-order valence-electron chi connectivity index (χ1n) is 6.18. The van der Waals surface area contributed by atoms with E-state index in [0.717, 1.165) is 24.8 Å². The summed E-state index contributed by atoms with van der Waals surface area (Å²) in [6.45, 7) is 1.12. The second-order valence-electron chi connectivity index (χ2n) is 4.84. The van der Waals surface area contributed by atoms with Crippen molar-refractivity contribution in [2.24, 2.45) is 11.8 Å². The van der Waals surface area contributed by atoms with Crippen LogP contribution in [0.3, 0.4) is 0 Å². The molecule has 1 N–H and O–H groups in total. The topological polar surface area (TPSA) is 12.0 Å². The third kappa shape index (κ3) is 2.82. The molecule has 2 atom stereocenters. The van der Waals surface area contributed by atoms with Crippen LogP contribution in [0, 0.1) is 17.7 Å². The van der Waals surface area contributed by atoms with Crippen LogP contribution in [-0.2, 0) is 6.42 Å². The Labute approximate surface area is 97.1 Å². The number of hydrogen-bond acceptors (Lipinski definition) is 1. The van der Waals surface area contributed by atoms with Crippen molar-refractivity contribution < 1.29 is 4.39 Å². The molecule has 16 heavy (non-hydrogen) atoms. The summed E-state index contributed by atoms with van der Waals surface area (Å²) in [6.07, 6.45) is 5.11. The quantitative estimate of drug-likeness (QED) is 0.824. The summed E-state index contributed by atoms with van der Waals surface area (Å²) < 4.78 is 12.8. The van der Waals surface area contributed by atoms with E-state index in [-0.39, 0.29) is 5.82 Å². The summed E-state index contributed by atoms with van der Waals surface area (Å²) in [7, 11) is 2.02. The first-order valence-corrected chi connectivity index (χ1v) is 6.18. The first-order chi connectivity index (χ1) is 7.79. The van der Waals surface area contributed by atoms with E-state index in [1.54, 1.807) is 12.1 Å². The molecule has 0 aliphatic heterocycles. The summed E-state index contributed by atoms with van der Waals surface area (Å²) in [4.78, 5) is 0. The van der Waals surface area contributed by atoms with Crippen LogP contribution >= 0.6 is 0 Å². The standard InChI is InChI=1S/C14H20FN/c1-16-10-13-4-2-3-12(13)9-11-5-7-14(15)8-6-11/h5-8,12-13,16H,2-4,9-10H2,1H3. The highest BCUT2D eigenvalue weighted by molar-refractivity contribution is 5.17. The average molecular weight is 221 g/mol. The second-order valence-corrected chi connectivity index (χ2v) is 4.84. The van der Waals surface area contributed by atoms with Gasteiger partial charge in [0.1, 0.15) is 5.82 Å². The predicted octanol–water partition coefficient (Wildman–Crippen LogP) is 3.00. The van der Waals surface area contributed by atoms with E-state index in [1.165, 1.54) is 24.8 Å². The third-order valence-corrected chi connectivity index (χ3v) is 3.69. The van der Waals surface area contributed by atoms with Crippen molar-refractivity contribution in [2.45, 2.75) is 25.7 Å². The number of halogens is 1. The summed E-state index contributed by atoms with van der Waals surface area (Å²) >= 11 is 0. The van der Waals surface area contributed by atoms with Crippen LogP contribution in [0.1, 0.15) is 24.8 Å². The van der Waals surface area contributed by atoms with E-state index >= 15 is 0 Å². The van der Waals surface area contributed by atoms with E-state index in [2.05, 4.69) is 5.32 Å². The zero-order valence-corrected chi connectivity index (χ0v) is 9.88. The molecule has 2 unspecified atom stereocenters. The largest absolute Gasteiger partial charge is 0.319 e. The monoisotopic (exact) mass is 221 g/mol. The molecule has 2 rings (SSSR count). The fraction of sp³-hybridized carbons (Fsp3) is 0.571. The molecule has 2 heteroatoms. The van der Waals surface area contributed by atoms with Crippen molar-refractivity contribution in [1.82, 2.24) is 5.32 Å². The van der Waals surface area contributed by atoms with Gasteiger partial charge in [0.2, 0.25) is 0 Å². The number of rotatable bonds is 4. The van der Waals surface area contributed by atoms with Gasteiger partial charge in [-0.1, -0.05) is 18.6 Å². The maximum absolute atomic E-state index is 12.8. The highest BCUT2D eigenvalue weighted by Crippen LogP contribution is 2.33. The fourth-order valence-corrected chi connectivity index (χ4v) is 2.84. The molecule has 0 radical (unpaired) electrons. The van der Waals surface area contributed by atoms with Gasteiger partial charge >= 0.3 is 0 Å². The molecule has 1 aliphatic rings. The molecule has 88 valence electrons. The summed E-state index contributed by atoms with van der Waals surface area (Å²) in [5.41, 5.74) is 1.27. The molecule has 0 amide bonds. The van der Waals surface area contributed by atoms with Gasteiger partial charge in [-0.2, -0.15) is 0 Å². The Morgan fingerprint density at radius 1 is 1.19 bits per heavy atom. The Morgan fingerprint density at radius 3 is 2.56 bits per heavy atom. The van der Waals surface area contributed by atoms with Gasteiger partial charge in [-0.25, -0.2) is 4.39 Å². The Kier molecular flexibility index (Phi) is 3.94. The molecule has 0 saturated heterocycles. The van der Waals surface area contributed by atoms with E-state index in [0.29, 0.717) is 0 Å². The van der Waals surface area contributed by atoms with Gasteiger partial charge in [0, 0.05) is 0 Å². The van der Waals surface area contributed by atoms with Crippen LogP contribution in [-0.4, -0.2) is 13.6 Å². The highest BCUT2D eigenvalue weighted by atomic mass is 19.1. The Hall–Kier alpha value is -0.890. The zero-order valence-electron chi connectivity index (χ0n) is 9.88. The fourth-order valence-electron chi connectivity index (χ4n) is 2.84. The normalized spacial score (nSPS) is 24.9. The molecular weight excluding hydrogens is 201 g/mol. The maximum atomic E-state index is 12.8. The zero-order chi connectivity index (χ0) is 11.4. The third-order valence-electron chi connectivity index (χ3n) is 3.69. The summed E-state index contributed by atoms with van der Waals surface area (Å²) in [5, 5.41) is 3.27. The molecule has 1 nitrogen and oxygen atoms in total. The smallest absolute Gasteiger partial charge is 0.123 e. The van der Waals surface area contributed by atoms with E-state index in [4.69, 9.17) is 0 Å². The van der Waals surface area contributed by atoms with Crippen LogP contribution in [0.15, 0.2) is 24.3 Å². The SMILES string of the molecule is CNCC1CCCC1Cc1ccc(F)cc1. The molecule has 1 saturated carbocycles. The molecular formula is C14H20FN. The van der Waals surface area contributed by atoms with Gasteiger partial charge in [0.05, 0.1) is 0 Å². The lowest BCUT2D eigenvalue weighted by atomic mass is 9.89. The van der Waals surface area contributed by atoms with Crippen molar-refractivity contribution >= 4 is 0 Å². The van der Waals surface area contributed by atoms with E-state index in [1.807, 2.05) is 19.2 Å². The predicted molar refractivity (Wildman–Crippen MR) is 64.9 cm³/mol. The van der Waals surface area contributed by atoms with Crippen LogP contribution in [0.25, 0.3) is 0 Å². The molecule has 1 fully saturated rings. The van der Waals surface area contributed by atoms with E-state index in [9.17, 15) is 4.39 Å². The van der Waals surface area contributed by atoms with Crippen molar-refractivity contribution in [3.8, 4) is 0 Å². The van der Waals surface area contributed by atoms with Gasteiger partial charge in [0.25, 0.3) is 0 Å². The Balaban J connectivity index is 1.95. The minimum absolute atomic E-state index is 0.137. The first kappa shape index (κ1) is 11.6. The van der Waals surface area contributed by atoms with Crippen LogP contribution in [0.5, 0.6) is 0 Å². The summed E-state index contributed by atoms with van der Waals surface area (Å²) in [5.74, 6) is 1.44. The Morgan fingerprint density at radius 2 is 1.88 bits per heavy atom. The molecule has 0 heterocycles. The van der Waals surface area contributed by atoms with Crippen LogP contribution < -0.4 is 5.32 Å². The van der Waals surface area contributed by atoms with Gasteiger partial charge < -0.3 is 5.32 Å². The lowest BCUT2D eigenvalue weighted by molar-refractivity contribution is 0.374. The molecule has 0 aromatic heterocycles. The molecule has 0 bridgehead atoms. The lowest BCUT2D eigenvalue weighted by Gasteiger charge is -2.19. The molecule has 1 aromatic rings. The second kappa shape index (κ2) is 5.44. The van der Waals surface area contributed by atoms with Crippen molar-refractivity contribution in [3.63, 3.8) is 0 Å². The molecule has 1 aliphatic carbocycles. The minimum atomic E-state index is -0.137. The lowest BCUT2D eigenvalue weighted by Crippen LogP contribution is -2.23. The summed E-state index contributed by atoms with van der Waals surface area (Å²) in [6, 6.07) is 6.98. The highest BCUT2D eigenvalue weighted by Gasteiger charge is 2.26. The maximum Gasteiger partial charge on any atom is 0.123 e. The number of hydrogen-bond donors (Lipinski definition) is 1. The van der Waals surface area contributed by atoms with Gasteiger partial charge in [-0.05, 0) is 62.4 Å². The minimum Gasteiger partial charge on any atom is -0.319 e. The molecule has 0 spiro atoms. The van der Waals surface area contributed by atoms with Crippen molar-refractivity contribution in [3.05, 3.63) is 35.6 Å². The van der Waals surface area contributed by atoms with Gasteiger partial charge in [-0.3, -0.25) is 0 Å². The van der Waals surface area contributed by atoms with Gasteiger partial charge in [-0.15, -0.1) is 0 Å². The average Bonchev–Trinajstić information content (AvgIpc) is 2.70.